The molecule has 6 heteroatoms. The van der Waals surface area contributed by atoms with Crippen LogP contribution >= 0.6 is 11.6 Å². The van der Waals surface area contributed by atoms with Crippen LogP contribution in [0.25, 0.3) is 0 Å². The second-order valence-corrected chi connectivity index (χ2v) is 5.51. The summed E-state index contributed by atoms with van der Waals surface area (Å²) < 4.78 is 0. The van der Waals surface area contributed by atoms with Gasteiger partial charge in [0.2, 0.25) is 5.91 Å². The molecule has 3 N–H and O–H groups in total. The Kier molecular flexibility index (Phi) is 7.17. The number of hydrogen-bond acceptors (Lipinski definition) is 4. The Balaban J connectivity index is 2.54. The Morgan fingerprint density at radius 2 is 2.19 bits per heavy atom. The van der Waals surface area contributed by atoms with Crippen LogP contribution in [0.4, 0.5) is 5.69 Å². The van der Waals surface area contributed by atoms with Gasteiger partial charge in [-0.3, -0.25) is 4.79 Å². The summed E-state index contributed by atoms with van der Waals surface area (Å²) >= 11 is 5.91. The van der Waals surface area contributed by atoms with Crippen molar-refractivity contribution in [1.82, 2.24) is 5.32 Å². The number of rotatable bonds is 7. The van der Waals surface area contributed by atoms with Crippen molar-refractivity contribution < 1.29 is 9.90 Å². The van der Waals surface area contributed by atoms with Crippen molar-refractivity contribution in [3.8, 4) is 6.07 Å². The van der Waals surface area contributed by atoms with Gasteiger partial charge in [0.05, 0.1) is 17.1 Å². The smallest absolute Gasteiger partial charge is 0.238 e. The molecule has 0 aliphatic heterocycles. The number of anilines is 1. The highest BCUT2D eigenvalue weighted by atomic mass is 35.5. The Hall–Kier alpha value is -1.61. The maximum atomic E-state index is 11.9. The number of carbonyl (C=O) groups is 1. The van der Waals surface area contributed by atoms with E-state index in [0.717, 1.165) is 0 Å². The summed E-state index contributed by atoms with van der Waals surface area (Å²) in [6.07, 6.45) is 0.605. The van der Waals surface area contributed by atoms with Gasteiger partial charge in [-0.2, -0.15) is 5.26 Å². The summed E-state index contributed by atoms with van der Waals surface area (Å²) in [5.41, 5.74) is 0.921. The normalized spacial score (nSPS) is 12.0. The molecule has 1 atom stereocenters. The van der Waals surface area contributed by atoms with Gasteiger partial charge in [0, 0.05) is 18.3 Å². The maximum Gasteiger partial charge on any atom is 0.238 e. The highest BCUT2D eigenvalue weighted by molar-refractivity contribution is 6.32. The van der Waals surface area contributed by atoms with Gasteiger partial charge in [0.25, 0.3) is 0 Å². The SMILES string of the molecule is CC(C)[C@H](CCO)NCC(=O)Nc1ccc(C#N)c(Cl)c1. The van der Waals surface area contributed by atoms with Crippen molar-refractivity contribution in [3.63, 3.8) is 0 Å². The fraction of sp³-hybridized carbons (Fsp3) is 0.467. The average molecular weight is 310 g/mol. The molecule has 0 saturated heterocycles. The van der Waals surface area contributed by atoms with Crippen molar-refractivity contribution in [2.45, 2.75) is 26.3 Å². The molecule has 114 valence electrons. The second kappa shape index (κ2) is 8.63. The molecule has 1 amide bonds. The zero-order valence-corrected chi connectivity index (χ0v) is 12.9. The fourth-order valence-corrected chi connectivity index (χ4v) is 2.15. The number of hydrogen-bond donors (Lipinski definition) is 3. The first-order valence-electron chi connectivity index (χ1n) is 6.81. The quantitative estimate of drug-likeness (QED) is 0.720. The first-order valence-corrected chi connectivity index (χ1v) is 7.19. The Morgan fingerprint density at radius 1 is 1.48 bits per heavy atom. The molecule has 0 aromatic heterocycles. The summed E-state index contributed by atoms with van der Waals surface area (Å²) in [7, 11) is 0. The lowest BCUT2D eigenvalue weighted by atomic mass is 10.0. The van der Waals surface area contributed by atoms with E-state index in [0.29, 0.717) is 28.6 Å². The number of carbonyl (C=O) groups excluding carboxylic acids is 1. The molecule has 0 saturated carbocycles. The predicted octanol–water partition coefficient (Wildman–Crippen LogP) is 2.15. The van der Waals surface area contributed by atoms with E-state index in [1.165, 1.54) is 0 Å². The van der Waals surface area contributed by atoms with Crippen LogP contribution in [0.2, 0.25) is 5.02 Å². The van der Waals surface area contributed by atoms with Crippen LogP contribution in [0.15, 0.2) is 18.2 Å². The summed E-state index contributed by atoms with van der Waals surface area (Å²) in [6, 6.07) is 6.80. The van der Waals surface area contributed by atoms with Crippen molar-refractivity contribution >= 4 is 23.2 Å². The van der Waals surface area contributed by atoms with E-state index in [1.54, 1.807) is 18.2 Å². The van der Waals surface area contributed by atoms with Crippen LogP contribution in [0, 0.1) is 17.2 Å². The van der Waals surface area contributed by atoms with Gasteiger partial charge < -0.3 is 15.7 Å². The zero-order chi connectivity index (χ0) is 15.8. The van der Waals surface area contributed by atoms with Crippen molar-refractivity contribution in [2.75, 3.05) is 18.5 Å². The summed E-state index contributed by atoms with van der Waals surface area (Å²) in [5, 5.41) is 23.9. The van der Waals surface area contributed by atoms with Gasteiger partial charge in [-0.05, 0) is 30.5 Å². The van der Waals surface area contributed by atoms with E-state index in [-0.39, 0.29) is 25.1 Å². The van der Waals surface area contributed by atoms with Crippen LogP contribution < -0.4 is 10.6 Å². The van der Waals surface area contributed by atoms with E-state index in [9.17, 15) is 4.79 Å². The molecule has 1 aromatic rings. The van der Waals surface area contributed by atoms with E-state index in [2.05, 4.69) is 10.6 Å². The molecule has 0 aliphatic carbocycles. The number of benzene rings is 1. The molecule has 0 radical (unpaired) electrons. The van der Waals surface area contributed by atoms with Gasteiger partial charge >= 0.3 is 0 Å². The molecular weight excluding hydrogens is 290 g/mol. The predicted molar refractivity (Wildman–Crippen MR) is 83.1 cm³/mol. The van der Waals surface area contributed by atoms with Crippen molar-refractivity contribution in [1.29, 1.82) is 5.26 Å². The largest absolute Gasteiger partial charge is 0.396 e. The second-order valence-electron chi connectivity index (χ2n) is 5.10. The zero-order valence-electron chi connectivity index (χ0n) is 12.2. The number of aliphatic hydroxyl groups is 1. The Labute approximate surface area is 129 Å². The minimum absolute atomic E-state index is 0.0860. The van der Waals surface area contributed by atoms with E-state index in [1.807, 2.05) is 19.9 Å². The van der Waals surface area contributed by atoms with Crippen LogP contribution in [0.5, 0.6) is 0 Å². The Morgan fingerprint density at radius 3 is 2.71 bits per heavy atom. The van der Waals surface area contributed by atoms with E-state index < -0.39 is 0 Å². The molecule has 0 bridgehead atoms. The van der Waals surface area contributed by atoms with Crippen LogP contribution in [0.3, 0.4) is 0 Å². The number of amides is 1. The molecular formula is C15H20ClN3O2. The van der Waals surface area contributed by atoms with Crippen molar-refractivity contribution in [3.05, 3.63) is 28.8 Å². The van der Waals surface area contributed by atoms with Gasteiger partial charge in [-0.15, -0.1) is 0 Å². The minimum Gasteiger partial charge on any atom is -0.396 e. The standard InChI is InChI=1S/C15H20ClN3O2/c1-10(2)14(5-6-20)18-9-15(21)19-12-4-3-11(8-17)13(16)7-12/h3-4,7,10,14,18,20H,5-6,9H2,1-2H3,(H,19,21)/t14-/m0/s1. The molecule has 21 heavy (non-hydrogen) atoms. The molecule has 5 nitrogen and oxygen atoms in total. The van der Waals surface area contributed by atoms with Crippen molar-refractivity contribution in [2.24, 2.45) is 5.92 Å². The lowest BCUT2D eigenvalue weighted by molar-refractivity contribution is -0.115. The third-order valence-electron chi connectivity index (χ3n) is 3.14. The first kappa shape index (κ1) is 17.4. The molecule has 0 spiro atoms. The number of nitrogens with zero attached hydrogens (tertiary/aromatic N) is 1. The summed E-state index contributed by atoms with van der Waals surface area (Å²) in [6.45, 7) is 4.31. The van der Waals surface area contributed by atoms with Gasteiger partial charge in [0.15, 0.2) is 0 Å². The molecule has 0 aliphatic rings. The highest BCUT2D eigenvalue weighted by Gasteiger charge is 2.13. The Bertz CT molecular complexity index is 526. The number of aliphatic hydroxyl groups excluding tert-OH is 1. The third kappa shape index (κ3) is 5.72. The van der Waals surface area contributed by atoms with Crippen LogP contribution in [-0.4, -0.2) is 30.2 Å². The number of nitriles is 1. The van der Waals surface area contributed by atoms with Gasteiger partial charge in [0.1, 0.15) is 6.07 Å². The van der Waals surface area contributed by atoms with Gasteiger partial charge in [-0.1, -0.05) is 25.4 Å². The number of nitrogens with one attached hydrogen (secondary N) is 2. The molecule has 1 aromatic carbocycles. The van der Waals surface area contributed by atoms with E-state index in [4.69, 9.17) is 22.0 Å². The monoisotopic (exact) mass is 309 g/mol. The third-order valence-corrected chi connectivity index (χ3v) is 3.46. The van der Waals surface area contributed by atoms with E-state index >= 15 is 0 Å². The summed E-state index contributed by atoms with van der Waals surface area (Å²) in [4.78, 5) is 11.9. The molecule has 0 unspecified atom stereocenters. The molecule has 1 rings (SSSR count). The fourth-order valence-electron chi connectivity index (χ4n) is 1.92. The highest BCUT2D eigenvalue weighted by Crippen LogP contribution is 2.20. The lowest BCUT2D eigenvalue weighted by Crippen LogP contribution is -2.39. The minimum atomic E-state index is -0.195. The van der Waals surface area contributed by atoms with Crippen LogP contribution in [0.1, 0.15) is 25.8 Å². The lowest BCUT2D eigenvalue weighted by Gasteiger charge is -2.21. The topological polar surface area (TPSA) is 85.2 Å². The summed E-state index contributed by atoms with van der Waals surface area (Å²) in [5.74, 6) is 0.133. The van der Waals surface area contributed by atoms with Crippen LogP contribution in [-0.2, 0) is 4.79 Å². The molecule has 0 fully saturated rings. The first-order chi connectivity index (χ1) is 9.97. The number of halogens is 1. The average Bonchev–Trinajstić information content (AvgIpc) is 2.43. The van der Waals surface area contributed by atoms with Gasteiger partial charge in [-0.25, -0.2) is 0 Å². The molecule has 0 heterocycles. The maximum absolute atomic E-state index is 11.9.